The van der Waals surface area contributed by atoms with Gasteiger partial charge in [-0.2, -0.15) is 4.31 Å². The van der Waals surface area contributed by atoms with Crippen LogP contribution in [-0.4, -0.2) is 75.3 Å². The summed E-state index contributed by atoms with van der Waals surface area (Å²) >= 11 is 0. The average molecular weight is 485 g/mol. The fraction of sp³-hybridized carbons (Fsp3) is 0.360. The second kappa shape index (κ2) is 11.8. The number of carbonyl (C=O) groups excluding carboxylic acids is 2. The van der Waals surface area contributed by atoms with Crippen LogP contribution in [0.15, 0.2) is 65.6 Å². The first-order valence-corrected chi connectivity index (χ1v) is 12.9. The molecule has 1 saturated heterocycles. The molecule has 0 aromatic heterocycles. The molecule has 0 aliphatic carbocycles. The Morgan fingerprint density at radius 2 is 1.56 bits per heavy atom. The first kappa shape index (κ1) is 25.5. The molecule has 3 rings (SSSR count). The van der Waals surface area contributed by atoms with Gasteiger partial charge in [-0.25, -0.2) is 8.42 Å². The summed E-state index contributed by atoms with van der Waals surface area (Å²) in [6.45, 7) is 7.08. The topological polar surface area (TPSA) is 90.0 Å². The van der Waals surface area contributed by atoms with Crippen molar-refractivity contribution in [2.75, 3.05) is 50.7 Å². The van der Waals surface area contributed by atoms with E-state index in [1.165, 1.54) is 22.5 Å². The van der Waals surface area contributed by atoms with Gasteiger partial charge in [0.25, 0.3) is 0 Å². The Morgan fingerprint density at radius 3 is 2.15 bits per heavy atom. The molecule has 2 aromatic rings. The molecule has 1 N–H and O–H groups in total. The molecule has 8 nitrogen and oxygen atoms in total. The maximum atomic E-state index is 12.5. The second-order valence-corrected chi connectivity index (χ2v) is 9.85. The van der Waals surface area contributed by atoms with Gasteiger partial charge >= 0.3 is 0 Å². The van der Waals surface area contributed by atoms with Crippen molar-refractivity contribution >= 4 is 33.6 Å². The van der Waals surface area contributed by atoms with Crippen LogP contribution in [0.4, 0.5) is 5.69 Å². The average Bonchev–Trinajstić information content (AvgIpc) is 2.87. The maximum absolute atomic E-state index is 12.5. The molecule has 0 unspecified atom stereocenters. The molecule has 1 heterocycles. The number of para-hydroxylation sites is 1. The zero-order valence-corrected chi connectivity index (χ0v) is 20.5. The number of hydrogen-bond acceptors (Lipinski definition) is 5. The predicted octanol–water partition coefficient (Wildman–Crippen LogP) is 2.20. The van der Waals surface area contributed by atoms with Gasteiger partial charge in [-0.05, 0) is 35.9 Å². The lowest BCUT2D eigenvalue weighted by atomic mass is 10.2. The van der Waals surface area contributed by atoms with E-state index in [9.17, 15) is 18.0 Å². The summed E-state index contributed by atoms with van der Waals surface area (Å²) in [4.78, 5) is 28.8. The summed E-state index contributed by atoms with van der Waals surface area (Å²) in [6.07, 6.45) is 2.93. The number of piperazine rings is 1. The van der Waals surface area contributed by atoms with Crippen LogP contribution in [0, 0.1) is 0 Å². The van der Waals surface area contributed by atoms with Gasteiger partial charge in [0.2, 0.25) is 21.8 Å². The summed E-state index contributed by atoms with van der Waals surface area (Å²) in [7, 11) is -3.51. The quantitative estimate of drug-likeness (QED) is 0.551. The standard InChI is InChI=1S/C25H32N4O4S/c1-3-29(4-2)34(32,33)23-13-10-21(11-14-23)12-15-24(30)26-20-25(31)28-18-16-27(17-19-28)22-8-6-5-7-9-22/h5-15H,3-4,16-20H2,1-2H3,(H,26,30)/b15-12+. The summed E-state index contributed by atoms with van der Waals surface area (Å²) in [5.74, 6) is -0.489. The van der Waals surface area contributed by atoms with E-state index in [0.717, 1.165) is 18.8 Å². The lowest BCUT2D eigenvalue weighted by Crippen LogP contribution is -2.51. The smallest absolute Gasteiger partial charge is 0.244 e. The van der Waals surface area contributed by atoms with E-state index in [-0.39, 0.29) is 23.3 Å². The monoisotopic (exact) mass is 484 g/mol. The Balaban J connectivity index is 1.46. The number of nitrogens with one attached hydrogen (secondary N) is 1. The number of carbonyl (C=O) groups is 2. The largest absolute Gasteiger partial charge is 0.368 e. The van der Waals surface area contributed by atoms with Crippen LogP contribution in [-0.2, 0) is 19.6 Å². The van der Waals surface area contributed by atoms with Gasteiger partial charge < -0.3 is 15.1 Å². The zero-order valence-electron chi connectivity index (χ0n) is 19.7. The number of anilines is 1. The molecule has 1 aliphatic rings. The van der Waals surface area contributed by atoms with Crippen molar-refractivity contribution in [2.45, 2.75) is 18.7 Å². The molecule has 9 heteroatoms. The van der Waals surface area contributed by atoms with Gasteiger partial charge in [-0.1, -0.05) is 44.2 Å². The van der Waals surface area contributed by atoms with Crippen LogP contribution in [0.2, 0.25) is 0 Å². The molecule has 182 valence electrons. The highest BCUT2D eigenvalue weighted by atomic mass is 32.2. The first-order valence-electron chi connectivity index (χ1n) is 11.5. The molecule has 1 aliphatic heterocycles. The number of sulfonamides is 1. The van der Waals surface area contributed by atoms with Gasteiger partial charge in [0.05, 0.1) is 11.4 Å². The van der Waals surface area contributed by atoms with E-state index in [2.05, 4.69) is 22.3 Å². The minimum Gasteiger partial charge on any atom is -0.368 e. The normalized spacial score (nSPS) is 14.6. The Labute approximate surface area is 201 Å². The summed E-state index contributed by atoms with van der Waals surface area (Å²) in [6, 6.07) is 16.5. The van der Waals surface area contributed by atoms with Crippen molar-refractivity contribution in [1.82, 2.24) is 14.5 Å². The van der Waals surface area contributed by atoms with Crippen LogP contribution < -0.4 is 10.2 Å². The Kier molecular flexibility index (Phi) is 8.84. The number of amides is 2. The third kappa shape index (κ3) is 6.45. The Morgan fingerprint density at radius 1 is 0.941 bits per heavy atom. The second-order valence-electron chi connectivity index (χ2n) is 7.91. The van der Waals surface area contributed by atoms with E-state index >= 15 is 0 Å². The summed E-state index contributed by atoms with van der Waals surface area (Å²) in [5, 5.41) is 2.63. The Bertz CT molecular complexity index is 1090. The van der Waals surface area contributed by atoms with Gasteiger partial charge in [-0.15, -0.1) is 0 Å². The molecule has 2 aromatic carbocycles. The van der Waals surface area contributed by atoms with Crippen molar-refractivity contribution in [3.05, 3.63) is 66.2 Å². The molecule has 0 atom stereocenters. The van der Waals surface area contributed by atoms with Crippen molar-refractivity contribution in [1.29, 1.82) is 0 Å². The van der Waals surface area contributed by atoms with E-state index in [1.54, 1.807) is 37.0 Å². The van der Waals surface area contributed by atoms with E-state index < -0.39 is 10.0 Å². The third-order valence-electron chi connectivity index (χ3n) is 5.82. The molecular weight excluding hydrogens is 452 g/mol. The van der Waals surface area contributed by atoms with Gasteiger partial charge in [0.15, 0.2) is 0 Å². The lowest BCUT2D eigenvalue weighted by molar-refractivity contribution is -0.132. The third-order valence-corrected chi connectivity index (χ3v) is 7.88. The van der Waals surface area contributed by atoms with Crippen LogP contribution in [0.25, 0.3) is 6.08 Å². The number of rotatable bonds is 9. The Hall–Kier alpha value is -3.17. The molecule has 0 saturated carbocycles. The summed E-state index contributed by atoms with van der Waals surface area (Å²) < 4.78 is 26.5. The minimum atomic E-state index is -3.51. The molecule has 0 spiro atoms. The fourth-order valence-electron chi connectivity index (χ4n) is 3.82. The van der Waals surface area contributed by atoms with Gasteiger partial charge in [0, 0.05) is 51.0 Å². The fourth-order valence-corrected chi connectivity index (χ4v) is 5.28. The molecule has 2 amide bonds. The maximum Gasteiger partial charge on any atom is 0.244 e. The van der Waals surface area contributed by atoms with Crippen molar-refractivity contribution in [3.8, 4) is 0 Å². The molecular formula is C25H32N4O4S. The first-order chi connectivity index (χ1) is 16.3. The van der Waals surface area contributed by atoms with Crippen LogP contribution in [0.3, 0.4) is 0 Å². The highest BCUT2D eigenvalue weighted by Gasteiger charge is 2.22. The highest BCUT2D eigenvalue weighted by Crippen LogP contribution is 2.17. The molecule has 0 radical (unpaired) electrons. The van der Waals surface area contributed by atoms with E-state index in [4.69, 9.17) is 0 Å². The highest BCUT2D eigenvalue weighted by molar-refractivity contribution is 7.89. The van der Waals surface area contributed by atoms with Crippen molar-refractivity contribution in [2.24, 2.45) is 0 Å². The molecule has 0 bridgehead atoms. The van der Waals surface area contributed by atoms with Crippen LogP contribution in [0.1, 0.15) is 19.4 Å². The van der Waals surface area contributed by atoms with E-state index in [1.807, 2.05) is 18.2 Å². The summed E-state index contributed by atoms with van der Waals surface area (Å²) in [5.41, 5.74) is 1.84. The zero-order chi connectivity index (χ0) is 24.6. The van der Waals surface area contributed by atoms with Crippen LogP contribution in [0.5, 0.6) is 0 Å². The van der Waals surface area contributed by atoms with Gasteiger partial charge in [0.1, 0.15) is 0 Å². The minimum absolute atomic E-state index is 0.0600. The SMILES string of the molecule is CCN(CC)S(=O)(=O)c1ccc(/C=C/C(=O)NCC(=O)N2CCN(c3ccccc3)CC2)cc1. The van der Waals surface area contributed by atoms with Gasteiger partial charge in [-0.3, -0.25) is 9.59 Å². The predicted molar refractivity (Wildman–Crippen MR) is 134 cm³/mol. The molecule has 34 heavy (non-hydrogen) atoms. The lowest BCUT2D eigenvalue weighted by Gasteiger charge is -2.36. The molecule has 1 fully saturated rings. The number of nitrogens with zero attached hydrogens (tertiary/aromatic N) is 3. The van der Waals surface area contributed by atoms with Crippen molar-refractivity contribution in [3.63, 3.8) is 0 Å². The number of hydrogen-bond donors (Lipinski definition) is 1. The van der Waals surface area contributed by atoms with Crippen molar-refractivity contribution < 1.29 is 18.0 Å². The number of benzene rings is 2. The van der Waals surface area contributed by atoms with E-state index in [0.29, 0.717) is 31.7 Å². The van der Waals surface area contributed by atoms with Crippen LogP contribution >= 0.6 is 0 Å².